The van der Waals surface area contributed by atoms with Crippen LogP contribution in [-0.4, -0.2) is 107 Å². The highest BCUT2D eigenvalue weighted by Gasteiger charge is 2.38. The van der Waals surface area contributed by atoms with Crippen LogP contribution in [0.25, 0.3) is 21.2 Å². The molecule has 0 bridgehead atoms. The molecule has 2 amide bonds. The number of hydrogen-bond donors (Lipinski definition) is 6. The Kier molecular flexibility index (Phi) is 14.9. The zero-order chi connectivity index (χ0) is 40.8. The number of nitrogens with one attached hydrogen (secondary N) is 2. The van der Waals surface area contributed by atoms with Crippen LogP contribution in [0.2, 0.25) is 0 Å². The Balaban J connectivity index is 1.85. The average molecular weight is 959 g/mol. The number of unbranched alkanes of at least 4 members (excludes halogenated alkanes) is 2. The first-order chi connectivity index (χ1) is 25.6. The molecular formula is C33H43IN4O13S4. The lowest BCUT2D eigenvalue weighted by Crippen LogP contribution is -2.37. The molecule has 22 heteroatoms. The number of anilines is 1. The van der Waals surface area contributed by atoms with Gasteiger partial charge in [-0.25, -0.2) is 4.98 Å². The molecule has 1 unspecified atom stereocenters. The van der Waals surface area contributed by atoms with Crippen LogP contribution < -0.4 is 13.7 Å². The first-order valence-corrected chi connectivity index (χ1v) is 24.8. The van der Waals surface area contributed by atoms with Gasteiger partial charge < -0.3 is 18.9 Å². The largest absolute Gasteiger partial charge is 0.481 e. The summed E-state index contributed by atoms with van der Waals surface area (Å²) in [5, 5.41) is 16.6. The van der Waals surface area contributed by atoms with Crippen LogP contribution in [0, 0.1) is 0 Å². The second kappa shape index (κ2) is 18.4. The molecule has 3 aromatic rings. The highest BCUT2D eigenvalue weighted by atomic mass is 127. The number of nitrogens with zero attached hydrogens (tertiary/aromatic N) is 2. The highest BCUT2D eigenvalue weighted by molar-refractivity contribution is 14.2. The lowest BCUT2D eigenvalue weighted by atomic mass is 9.74. The van der Waals surface area contributed by atoms with Crippen molar-refractivity contribution in [2.45, 2.75) is 64.2 Å². The maximum Gasteiger partial charge on any atom is 0.303 e. The number of rotatable bonds is 20. The van der Waals surface area contributed by atoms with Gasteiger partial charge >= 0.3 is 5.97 Å². The molecule has 1 aromatic carbocycles. The van der Waals surface area contributed by atoms with Crippen molar-refractivity contribution in [3.8, 4) is 11.1 Å². The molecule has 0 saturated carbocycles. The maximum atomic E-state index is 13.4. The van der Waals surface area contributed by atoms with Crippen molar-refractivity contribution in [3.05, 3.63) is 46.6 Å². The third kappa shape index (κ3) is 12.7. The minimum absolute atomic E-state index is 0.00744. The third-order valence-electron chi connectivity index (χ3n) is 8.97. The number of carboxylic acids is 1. The lowest BCUT2D eigenvalue weighted by Gasteiger charge is -2.41. The number of aromatic nitrogens is 1. The summed E-state index contributed by atoms with van der Waals surface area (Å²) in [5.74, 6) is -4.04. The molecule has 17 nitrogen and oxygen atoms in total. The molecule has 0 fully saturated rings. The number of amides is 2. The van der Waals surface area contributed by atoms with Gasteiger partial charge in [-0.05, 0) is 104 Å². The fourth-order valence-corrected chi connectivity index (χ4v) is 11.7. The second-order valence-electron chi connectivity index (χ2n) is 13.2. The van der Waals surface area contributed by atoms with E-state index in [9.17, 15) is 48.7 Å². The van der Waals surface area contributed by atoms with E-state index in [0.29, 0.717) is 43.4 Å². The minimum Gasteiger partial charge on any atom is -0.481 e. The number of benzene rings is 1. The quantitative estimate of drug-likeness (QED) is 0.0403. The zero-order valence-corrected chi connectivity index (χ0v) is 35.4. The first-order valence-electron chi connectivity index (χ1n) is 17.1. The Bertz CT molecular complexity index is 2310. The number of thiophene rings is 1. The molecule has 0 radical (unpaired) electrons. The van der Waals surface area contributed by atoms with Crippen LogP contribution in [-0.2, 0) is 40.6 Å². The van der Waals surface area contributed by atoms with E-state index in [4.69, 9.17) is 9.66 Å². The van der Waals surface area contributed by atoms with E-state index in [1.54, 1.807) is 0 Å². The van der Waals surface area contributed by atoms with Crippen molar-refractivity contribution < 1.29 is 58.4 Å². The molecule has 0 aliphatic carbocycles. The van der Waals surface area contributed by atoms with Crippen molar-refractivity contribution >= 4 is 99.8 Å². The van der Waals surface area contributed by atoms with Crippen LogP contribution in [0.1, 0.15) is 85.3 Å². The smallest absolute Gasteiger partial charge is 0.303 e. The van der Waals surface area contributed by atoms with Gasteiger partial charge in [0.05, 0.1) is 22.9 Å². The van der Waals surface area contributed by atoms with E-state index in [2.05, 4.69) is 18.7 Å². The first kappa shape index (κ1) is 44.6. The summed E-state index contributed by atoms with van der Waals surface area (Å²) in [6.45, 7) is 3.97. The third-order valence-corrected chi connectivity index (χ3v) is 15.7. The summed E-state index contributed by atoms with van der Waals surface area (Å²) in [5.41, 5.74) is 1.48. The van der Waals surface area contributed by atoms with Gasteiger partial charge in [0, 0.05) is 47.1 Å². The molecule has 55 heavy (non-hydrogen) atoms. The number of carbonyl (C=O) groups excluding carboxylic acids is 2. The minimum atomic E-state index is -4.40. The number of aliphatic carboxylic acids is 1. The molecule has 6 N–H and O–H groups in total. The number of fused-ring (bicyclic) bond motifs is 3. The topological polar surface area (TPSA) is 275 Å². The van der Waals surface area contributed by atoms with E-state index < -0.39 is 98.4 Å². The van der Waals surface area contributed by atoms with E-state index in [-0.39, 0.29) is 37.2 Å². The Labute approximate surface area is 333 Å². The summed E-state index contributed by atoms with van der Waals surface area (Å²) in [6.07, 6.45) is 2.03. The van der Waals surface area contributed by atoms with Crippen LogP contribution in [0.3, 0.4) is 0 Å². The normalized spacial score (nSPS) is 16.2. The maximum absolute atomic E-state index is 13.4. The Morgan fingerprint density at radius 1 is 0.836 bits per heavy atom. The van der Waals surface area contributed by atoms with Gasteiger partial charge in [-0.2, -0.15) is 25.3 Å². The molecule has 0 spiro atoms. The molecular weight excluding hydrogens is 916 g/mol. The fourth-order valence-electron chi connectivity index (χ4n) is 6.13. The molecule has 1 atom stereocenters. The molecule has 1 aliphatic rings. The second-order valence-corrected chi connectivity index (χ2v) is 22.1. The zero-order valence-electron chi connectivity index (χ0n) is 29.9. The summed E-state index contributed by atoms with van der Waals surface area (Å²) in [4.78, 5) is 41.9. The van der Waals surface area contributed by atoms with Crippen LogP contribution in [0.15, 0.2) is 29.6 Å². The van der Waals surface area contributed by atoms with Gasteiger partial charge in [-0.15, -0.1) is 11.3 Å². The van der Waals surface area contributed by atoms with E-state index in [1.807, 2.05) is 31.4 Å². The summed E-state index contributed by atoms with van der Waals surface area (Å²) in [7, 11) is -12.9. The SMILES string of the molecule is CC1=IN(CCCS(=O)(=O)O)c2c(cc(-c3cc(C(=O)NCCCCCC(=O)O)nc(C(=O)NCCS(=O)(=O)O)c3)c3sccc23)C1(C)CCCS(=O)(=O)O. The number of carboxylic acid groups (broad SMARTS) is 1. The van der Waals surface area contributed by atoms with E-state index in [0.717, 1.165) is 24.8 Å². The van der Waals surface area contributed by atoms with Crippen molar-refractivity contribution in [3.63, 3.8) is 0 Å². The van der Waals surface area contributed by atoms with Gasteiger partial charge in [0.15, 0.2) is 0 Å². The summed E-state index contributed by atoms with van der Waals surface area (Å²) in [6, 6.07) is 6.73. The summed E-state index contributed by atoms with van der Waals surface area (Å²) < 4.78 is 101. The molecule has 1 aliphatic heterocycles. The van der Waals surface area contributed by atoms with Crippen LogP contribution in [0.4, 0.5) is 5.69 Å². The van der Waals surface area contributed by atoms with Gasteiger partial charge in [0.25, 0.3) is 42.2 Å². The molecule has 2 aromatic heterocycles. The van der Waals surface area contributed by atoms with E-state index >= 15 is 0 Å². The molecule has 304 valence electrons. The Morgan fingerprint density at radius 2 is 1.44 bits per heavy atom. The van der Waals surface area contributed by atoms with Crippen molar-refractivity contribution in [1.29, 1.82) is 0 Å². The van der Waals surface area contributed by atoms with Crippen molar-refractivity contribution in [2.24, 2.45) is 0 Å². The van der Waals surface area contributed by atoms with Crippen LogP contribution in [0.5, 0.6) is 0 Å². The number of carbonyl (C=O) groups is 3. The fraction of sp³-hybridized carbons (Fsp3) is 0.485. The number of halogens is 1. The molecule has 0 saturated heterocycles. The standard InChI is InChI=1S/C33H43IN4O13S4/c1-21-33(2,10-6-15-53(43,44)45)25-20-24(30-23(9-14-52-30)29(25)38(34-21)13-7-16-54(46,47)48)22-18-26(31(41)35-11-5-3-4-8-28(39)40)37-27(19-22)32(42)36-12-17-55(49,50)51/h9,14,18-20H,3-8,10-13,15-17H2,1-2H3,(H,35,41)(H,36,42)(H,39,40)(H,43,44,45)(H,46,47,48)(H,49,50,51). The molecule has 3 heterocycles. The summed E-state index contributed by atoms with van der Waals surface area (Å²) >= 11 is 0.469. The van der Waals surface area contributed by atoms with Gasteiger partial charge in [-0.1, -0.05) is 13.3 Å². The predicted molar refractivity (Wildman–Crippen MR) is 218 cm³/mol. The van der Waals surface area contributed by atoms with Crippen molar-refractivity contribution in [1.82, 2.24) is 15.6 Å². The number of hydrogen-bond acceptors (Lipinski definition) is 12. The molecule has 4 rings (SSSR count). The van der Waals surface area contributed by atoms with E-state index in [1.165, 1.54) is 23.5 Å². The van der Waals surface area contributed by atoms with Gasteiger partial charge in [-0.3, -0.25) is 28.0 Å². The monoisotopic (exact) mass is 958 g/mol. The predicted octanol–water partition coefficient (Wildman–Crippen LogP) is 4.06. The highest BCUT2D eigenvalue weighted by Crippen LogP contribution is 2.52. The average Bonchev–Trinajstić information content (AvgIpc) is 3.56. The van der Waals surface area contributed by atoms with Gasteiger partial charge in [0.2, 0.25) is 0 Å². The Hall–Kier alpha value is -3.13. The van der Waals surface area contributed by atoms with Crippen molar-refractivity contribution in [2.75, 3.05) is 40.0 Å². The van der Waals surface area contributed by atoms with Crippen LogP contribution >= 0.6 is 32.3 Å². The number of pyridine rings is 1. The lowest BCUT2D eigenvalue weighted by molar-refractivity contribution is -0.137. The van der Waals surface area contributed by atoms with Gasteiger partial charge in [0.1, 0.15) is 11.4 Å². The Morgan fingerprint density at radius 3 is 2.04 bits per heavy atom.